The van der Waals surface area contributed by atoms with Gasteiger partial charge in [-0.1, -0.05) is 19.3 Å². The maximum absolute atomic E-state index is 6.21. The van der Waals surface area contributed by atoms with E-state index in [1.54, 1.807) is 0 Å². The second-order valence-corrected chi connectivity index (χ2v) is 6.96. The lowest BCUT2D eigenvalue weighted by Gasteiger charge is -2.51. The molecule has 1 aliphatic heterocycles. The fourth-order valence-electron chi connectivity index (χ4n) is 4.01. The second-order valence-electron chi connectivity index (χ2n) is 6.96. The molecular formula is C16H33N3. The number of piperidine rings is 1. The van der Waals surface area contributed by atoms with Crippen molar-refractivity contribution < 1.29 is 0 Å². The van der Waals surface area contributed by atoms with Gasteiger partial charge >= 0.3 is 0 Å². The monoisotopic (exact) mass is 267 g/mol. The molecule has 1 aliphatic carbocycles. The Morgan fingerprint density at radius 3 is 2.21 bits per heavy atom. The molecule has 112 valence electrons. The predicted molar refractivity (Wildman–Crippen MR) is 82.4 cm³/mol. The van der Waals surface area contributed by atoms with Gasteiger partial charge in [0.15, 0.2) is 0 Å². The van der Waals surface area contributed by atoms with E-state index in [1.807, 2.05) is 0 Å². The van der Waals surface area contributed by atoms with E-state index in [9.17, 15) is 0 Å². The molecule has 1 saturated carbocycles. The van der Waals surface area contributed by atoms with Gasteiger partial charge in [-0.3, -0.25) is 4.90 Å². The molecule has 3 heteroatoms. The third-order valence-corrected chi connectivity index (χ3v) is 5.71. The molecule has 3 nitrogen and oxygen atoms in total. The van der Waals surface area contributed by atoms with Crippen LogP contribution in [0, 0.1) is 0 Å². The van der Waals surface area contributed by atoms with Crippen LogP contribution in [0.25, 0.3) is 0 Å². The molecule has 0 radical (unpaired) electrons. The molecule has 19 heavy (non-hydrogen) atoms. The fraction of sp³-hybridized carbons (Fsp3) is 1.00. The van der Waals surface area contributed by atoms with Gasteiger partial charge in [0, 0.05) is 37.3 Å². The average molecular weight is 267 g/mol. The lowest BCUT2D eigenvalue weighted by atomic mass is 9.82. The first kappa shape index (κ1) is 15.3. The minimum absolute atomic E-state index is 0.271. The molecule has 0 amide bonds. The van der Waals surface area contributed by atoms with Gasteiger partial charge in [-0.2, -0.15) is 0 Å². The summed E-state index contributed by atoms with van der Waals surface area (Å²) in [7, 11) is 2.34. The van der Waals surface area contributed by atoms with Crippen LogP contribution in [0.2, 0.25) is 0 Å². The van der Waals surface area contributed by atoms with Crippen LogP contribution in [0.3, 0.4) is 0 Å². The zero-order valence-electron chi connectivity index (χ0n) is 13.2. The lowest BCUT2D eigenvalue weighted by Crippen LogP contribution is -2.61. The summed E-state index contributed by atoms with van der Waals surface area (Å²) in [6, 6.07) is 1.46. The van der Waals surface area contributed by atoms with E-state index in [1.165, 1.54) is 58.0 Å². The highest BCUT2D eigenvalue weighted by Crippen LogP contribution is 2.33. The molecule has 0 atom stereocenters. The molecule has 2 N–H and O–H groups in total. The molecule has 0 bridgehead atoms. The molecule has 0 aromatic heterocycles. The van der Waals surface area contributed by atoms with Gasteiger partial charge < -0.3 is 10.6 Å². The summed E-state index contributed by atoms with van der Waals surface area (Å²) >= 11 is 0. The van der Waals surface area contributed by atoms with Crippen LogP contribution in [0.15, 0.2) is 0 Å². The maximum Gasteiger partial charge on any atom is 0.0355 e. The summed E-state index contributed by atoms with van der Waals surface area (Å²) < 4.78 is 0. The summed E-state index contributed by atoms with van der Waals surface area (Å²) in [5.74, 6) is 0. The predicted octanol–water partition coefficient (Wildman–Crippen LogP) is 2.45. The summed E-state index contributed by atoms with van der Waals surface area (Å²) in [6.45, 7) is 7.87. The van der Waals surface area contributed by atoms with Gasteiger partial charge in [0.1, 0.15) is 0 Å². The highest BCUT2D eigenvalue weighted by molar-refractivity contribution is 4.98. The van der Waals surface area contributed by atoms with Gasteiger partial charge in [0.2, 0.25) is 0 Å². The molecular weight excluding hydrogens is 234 g/mol. The summed E-state index contributed by atoms with van der Waals surface area (Å²) in [5.41, 5.74) is 6.48. The lowest BCUT2D eigenvalue weighted by molar-refractivity contribution is -0.00104. The van der Waals surface area contributed by atoms with Crippen molar-refractivity contribution in [2.24, 2.45) is 5.73 Å². The third-order valence-electron chi connectivity index (χ3n) is 5.71. The normalized spacial score (nSPS) is 26.2. The molecule has 1 saturated heterocycles. The fourth-order valence-corrected chi connectivity index (χ4v) is 4.01. The molecule has 0 aromatic rings. The van der Waals surface area contributed by atoms with Crippen molar-refractivity contribution in [2.45, 2.75) is 76.4 Å². The Morgan fingerprint density at radius 2 is 1.74 bits per heavy atom. The molecule has 0 aromatic carbocycles. The van der Waals surface area contributed by atoms with E-state index in [-0.39, 0.29) is 5.54 Å². The van der Waals surface area contributed by atoms with Crippen molar-refractivity contribution >= 4 is 0 Å². The van der Waals surface area contributed by atoms with Crippen molar-refractivity contribution in [3.8, 4) is 0 Å². The highest BCUT2D eigenvalue weighted by Gasteiger charge is 2.40. The number of rotatable bonds is 4. The number of likely N-dealkylation sites (tertiary alicyclic amines) is 1. The van der Waals surface area contributed by atoms with E-state index in [2.05, 4.69) is 30.7 Å². The minimum Gasteiger partial charge on any atom is -0.329 e. The first-order chi connectivity index (χ1) is 9.09. The van der Waals surface area contributed by atoms with Gasteiger partial charge in [-0.15, -0.1) is 0 Å². The van der Waals surface area contributed by atoms with E-state index in [0.29, 0.717) is 6.04 Å². The van der Waals surface area contributed by atoms with Crippen LogP contribution in [0.1, 0.15) is 58.8 Å². The average Bonchev–Trinajstić information content (AvgIpc) is 2.47. The van der Waals surface area contributed by atoms with Gasteiger partial charge in [-0.05, 0) is 46.6 Å². The van der Waals surface area contributed by atoms with Crippen LogP contribution in [0.5, 0.6) is 0 Å². The SMILES string of the molecule is CC(C)N1CCC(CN)(N(C)C2CCCCC2)CC1. The zero-order chi connectivity index (χ0) is 13.9. The highest BCUT2D eigenvalue weighted by atomic mass is 15.3. The van der Waals surface area contributed by atoms with Crippen molar-refractivity contribution in [3.63, 3.8) is 0 Å². The van der Waals surface area contributed by atoms with Gasteiger partial charge in [-0.25, -0.2) is 0 Å². The quantitative estimate of drug-likeness (QED) is 0.849. The Bertz CT molecular complexity index is 263. The summed E-state index contributed by atoms with van der Waals surface area (Å²) in [6.07, 6.45) is 9.50. The van der Waals surface area contributed by atoms with Gasteiger partial charge in [0.25, 0.3) is 0 Å². The van der Waals surface area contributed by atoms with Gasteiger partial charge in [0.05, 0.1) is 0 Å². The van der Waals surface area contributed by atoms with E-state index in [4.69, 9.17) is 5.73 Å². The zero-order valence-corrected chi connectivity index (χ0v) is 13.2. The van der Waals surface area contributed by atoms with Crippen molar-refractivity contribution in [1.29, 1.82) is 0 Å². The number of hydrogen-bond donors (Lipinski definition) is 1. The largest absolute Gasteiger partial charge is 0.329 e. The smallest absolute Gasteiger partial charge is 0.0355 e. The number of hydrogen-bond acceptors (Lipinski definition) is 3. The summed E-state index contributed by atoms with van der Waals surface area (Å²) in [4.78, 5) is 5.27. The second kappa shape index (κ2) is 6.55. The summed E-state index contributed by atoms with van der Waals surface area (Å²) in [5, 5.41) is 0. The van der Waals surface area contributed by atoms with Crippen LogP contribution in [-0.2, 0) is 0 Å². The molecule has 2 fully saturated rings. The van der Waals surface area contributed by atoms with Crippen LogP contribution in [-0.4, -0.2) is 54.1 Å². The number of likely N-dealkylation sites (N-methyl/N-ethyl adjacent to an activating group) is 1. The molecule has 1 heterocycles. The standard InChI is InChI=1S/C16H33N3/c1-14(2)19-11-9-16(13-17,10-12-19)18(3)15-7-5-4-6-8-15/h14-15H,4-13,17H2,1-3H3. The Kier molecular flexibility index (Phi) is 5.27. The first-order valence-electron chi connectivity index (χ1n) is 8.26. The first-order valence-corrected chi connectivity index (χ1v) is 8.26. The van der Waals surface area contributed by atoms with Crippen LogP contribution in [0.4, 0.5) is 0 Å². The molecule has 2 aliphatic rings. The Balaban J connectivity index is 1.98. The Hall–Kier alpha value is -0.120. The van der Waals surface area contributed by atoms with E-state index in [0.717, 1.165) is 12.6 Å². The molecule has 0 unspecified atom stereocenters. The molecule has 0 spiro atoms. The van der Waals surface area contributed by atoms with Crippen LogP contribution < -0.4 is 5.73 Å². The Morgan fingerprint density at radius 1 is 1.16 bits per heavy atom. The number of nitrogens with two attached hydrogens (primary N) is 1. The maximum atomic E-state index is 6.21. The van der Waals surface area contributed by atoms with E-state index >= 15 is 0 Å². The van der Waals surface area contributed by atoms with Crippen molar-refractivity contribution in [3.05, 3.63) is 0 Å². The van der Waals surface area contributed by atoms with Crippen molar-refractivity contribution in [2.75, 3.05) is 26.7 Å². The van der Waals surface area contributed by atoms with Crippen molar-refractivity contribution in [1.82, 2.24) is 9.80 Å². The minimum atomic E-state index is 0.271. The Labute approximate surface area is 119 Å². The topological polar surface area (TPSA) is 32.5 Å². The molecule has 2 rings (SSSR count). The van der Waals surface area contributed by atoms with Crippen LogP contribution >= 0.6 is 0 Å². The number of nitrogens with zero attached hydrogens (tertiary/aromatic N) is 2. The third kappa shape index (κ3) is 3.32. The van der Waals surface area contributed by atoms with E-state index < -0.39 is 0 Å².